The first-order valence-electron chi connectivity index (χ1n) is 9.68. The van der Waals surface area contributed by atoms with Crippen LogP contribution in [0.4, 0.5) is 11.4 Å². The molecular formula is C23H19ClN4O3. The summed E-state index contributed by atoms with van der Waals surface area (Å²) in [4.78, 5) is 29.6. The summed E-state index contributed by atoms with van der Waals surface area (Å²) < 4.78 is 6.59. The second-order valence-electron chi connectivity index (χ2n) is 6.80. The van der Waals surface area contributed by atoms with Gasteiger partial charge in [-0.25, -0.2) is 9.48 Å². The lowest BCUT2D eigenvalue weighted by molar-refractivity contribution is 0.0462. The number of aromatic nitrogens is 3. The van der Waals surface area contributed by atoms with E-state index in [1.54, 1.807) is 43.6 Å². The standard InChI is InChI=1S/C23H19ClN4O3/c1-2-28-22(29)19(26-21-13-25-12-16-7-3-4-9-18(16)21)11-20(27-28)23(30)31-14-15-6-5-8-17(24)10-15/h3-13,26H,2,14H2,1H3. The molecule has 2 aromatic carbocycles. The molecule has 0 saturated heterocycles. The maximum Gasteiger partial charge on any atom is 0.359 e. The van der Waals surface area contributed by atoms with E-state index in [0.717, 1.165) is 16.3 Å². The summed E-state index contributed by atoms with van der Waals surface area (Å²) in [6.45, 7) is 2.12. The number of aryl methyl sites for hydroxylation is 1. The van der Waals surface area contributed by atoms with Crippen LogP contribution in [0.3, 0.4) is 0 Å². The number of rotatable bonds is 6. The molecule has 8 heteroatoms. The maximum atomic E-state index is 12.8. The van der Waals surface area contributed by atoms with Crippen molar-refractivity contribution in [2.24, 2.45) is 0 Å². The van der Waals surface area contributed by atoms with Crippen molar-refractivity contribution in [1.29, 1.82) is 0 Å². The molecular weight excluding hydrogens is 416 g/mol. The van der Waals surface area contributed by atoms with Crippen LogP contribution in [0, 0.1) is 0 Å². The van der Waals surface area contributed by atoms with Crippen molar-refractivity contribution in [3.63, 3.8) is 0 Å². The third kappa shape index (κ3) is 4.57. The Labute approximate surface area is 183 Å². The monoisotopic (exact) mass is 434 g/mol. The predicted molar refractivity (Wildman–Crippen MR) is 120 cm³/mol. The number of hydrogen-bond donors (Lipinski definition) is 1. The maximum absolute atomic E-state index is 12.8. The van der Waals surface area contributed by atoms with Gasteiger partial charge in [0.25, 0.3) is 5.56 Å². The molecule has 0 radical (unpaired) electrons. The minimum absolute atomic E-state index is 0.0270. The molecule has 1 N–H and O–H groups in total. The van der Waals surface area contributed by atoms with E-state index in [9.17, 15) is 9.59 Å². The number of hydrogen-bond acceptors (Lipinski definition) is 6. The first kappa shape index (κ1) is 20.6. The summed E-state index contributed by atoms with van der Waals surface area (Å²) in [7, 11) is 0. The predicted octanol–water partition coefficient (Wildman–Crippen LogP) is 4.57. The van der Waals surface area contributed by atoms with Crippen molar-refractivity contribution in [3.8, 4) is 0 Å². The molecule has 4 aromatic rings. The van der Waals surface area contributed by atoms with Crippen molar-refractivity contribution in [2.75, 3.05) is 5.32 Å². The Kier molecular flexibility index (Phi) is 5.95. The number of nitrogens with zero attached hydrogens (tertiary/aromatic N) is 3. The highest BCUT2D eigenvalue weighted by Gasteiger charge is 2.16. The van der Waals surface area contributed by atoms with Gasteiger partial charge in [-0.2, -0.15) is 5.10 Å². The first-order valence-corrected chi connectivity index (χ1v) is 10.1. The molecule has 0 unspecified atom stereocenters. The van der Waals surface area contributed by atoms with Gasteiger partial charge in [-0.15, -0.1) is 0 Å². The van der Waals surface area contributed by atoms with Gasteiger partial charge in [-0.05, 0) is 24.6 Å². The van der Waals surface area contributed by atoms with Gasteiger partial charge in [0.2, 0.25) is 0 Å². The molecule has 0 aliphatic rings. The molecule has 0 saturated carbocycles. The fourth-order valence-corrected chi connectivity index (χ4v) is 3.37. The topological polar surface area (TPSA) is 86.1 Å². The summed E-state index contributed by atoms with van der Waals surface area (Å²) in [6, 6.07) is 16.1. The molecule has 0 spiro atoms. The lowest BCUT2D eigenvalue weighted by Gasteiger charge is -2.12. The number of fused-ring (bicyclic) bond motifs is 1. The smallest absolute Gasteiger partial charge is 0.359 e. The number of carbonyl (C=O) groups is 1. The third-order valence-electron chi connectivity index (χ3n) is 4.68. The summed E-state index contributed by atoms with van der Waals surface area (Å²) in [5.74, 6) is -0.638. The Hall–Kier alpha value is -3.71. The highest BCUT2D eigenvalue weighted by Crippen LogP contribution is 2.24. The number of halogens is 1. The highest BCUT2D eigenvalue weighted by molar-refractivity contribution is 6.30. The van der Waals surface area contributed by atoms with Crippen molar-refractivity contribution in [2.45, 2.75) is 20.1 Å². The number of benzene rings is 2. The van der Waals surface area contributed by atoms with E-state index in [1.807, 2.05) is 24.3 Å². The van der Waals surface area contributed by atoms with Crippen LogP contribution >= 0.6 is 11.6 Å². The Bertz CT molecular complexity index is 1310. The van der Waals surface area contributed by atoms with Gasteiger partial charge in [0.15, 0.2) is 5.69 Å². The van der Waals surface area contributed by atoms with Crippen molar-refractivity contribution >= 4 is 39.7 Å². The average Bonchev–Trinajstić information content (AvgIpc) is 2.79. The van der Waals surface area contributed by atoms with Crippen LogP contribution in [0.5, 0.6) is 0 Å². The van der Waals surface area contributed by atoms with Crippen LogP contribution < -0.4 is 10.9 Å². The number of ether oxygens (including phenoxy) is 1. The molecule has 2 aromatic heterocycles. The molecule has 0 amide bonds. The van der Waals surface area contributed by atoms with Crippen molar-refractivity contribution < 1.29 is 9.53 Å². The fraction of sp³-hybridized carbons (Fsp3) is 0.130. The van der Waals surface area contributed by atoms with E-state index in [0.29, 0.717) is 17.3 Å². The molecule has 0 atom stereocenters. The zero-order valence-electron chi connectivity index (χ0n) is 16.7. The molecule has 0 aliphatic heterocycles. The molecule has 4 rings (SSSR count). The van der Waals surface area contributed by atoms with Crippen molar-refractivity contribution in [1.82, 2.24) is 14.8 Å². The number of anilines is 2. The Morgan fingerprint density at radius 1 is 1.10 bits per heavy atom. The van der Waals surface area contributed by atoms with E-state index < -0.39 is 5.97 Å². The van der Waals surface area contributed by atoms with Gasteiger partial charge in [-0.3, -0.25) is 9.78 Å². The molecule has 0 aliphatic carbocycles. The van der Waals surface area contributed by atoms with Gasteiger partial charge in [0, 0.05) is 34.6 Å². The second-order valence-corrected chi connectivity index (χ2v) is 7.24. The number of pyridine rings is 1. The van der Waals surface area contributed by atoms with Gasteiger partial charge >= 0.3 is 5.97 Å². The van der Waals surface area contributed by atoms with Gasteiger partial charge in [0.05, 0.1) is 11.9 Å². The number of nitrogens with one attached hydrogen (secondary N) is 1. The average molecular weight is 435 g/mol. The molecule has 156 valence electrons. The van der Waals surface area contributed by atoms with Gasteiger partial charge < -0.3 is 10.1 Å². The Balaban J connectivity index is 1.63. The second kappa shape index (κ2) is 8.97. The van der Waals surface area contributed by atoms with E-state index in [4.69, 9.17) is 16.3 Å². The molecule has 7 nitrogen and oxygen atoms in total. The van der Waals surface area contributed by atoms with E-state index in [1.165, 1.54) is 10.7 Å². The lowest BCUT2D eigenvalue weighted by atomic mass is 10.1. The SMILES string of the molecule is CCn1nc(C(=O)OCc2cccc(Cl)c2)cc(Nc2cncc3ccccc23)c1=O. The van der Waals surface area contributed by atoms with Gasteiger partial charge in [-0.1, -0.05) is 48.0 Å². The van der Waals surface area contributed by atoms with Crippen LogP contribution in [0.1, 0.15) is 23.0 Å². The number of carbonyl (C=O) groups excluding carboxylic acids is 1. The normalized spacial score (nSPS) is 10.8. The zero-order valence-corrected chi connectivity index (χ0v) is 17.5. The first-order chi connectivity index (χ1) is 15.0. The quantitative estimate of drug-likeness (QED) is 0.447. The summed E-state index contributed by atoms with van der Waals surface area (Å²) in [5.41, 5.74) is 1.30. The van der Waals surface area contributed by atoms with Crippen molar-refractivity contribution in [3.05, 3.63) is 93.6 Å². The summed E-state index contributed by atoms with van der Waals surface area (Å²) in [6.07, 6.45) is 3.38. The van der Waals surface area contributed by atoms with Crippen LogP contribution in [0.25, 0.3) is 10.8 Å². The van der Waals surface area contributed by atoms with E-state index in [2.05, 4.69) is 15.4 Å². The van der Waals surface area contributed by atoms with E-state index in [-0.39, 0.29) is 23.5 Å². The van der Waals surface area contributed by atoms with Gasteiger partial charge in [0.1, 0.15) is 12.3 Å². The Morgan fingerprint density at radius 3 is 2.74 bits per heavy atom. The Morgan fingerprint density at radius 2 is 1.94 bits per heavy atom. The molecule has 0 fully saturated rings. The number of esters is 1. The molecule has 31 heavy (non-hydrogen) atoms. The fourth-order valence-electron chi connectivity index (χ4n) is 3.16. The van der Waals surface area contributed by atoms with Crippen LogP contribution in [0.15, 0.2) is 71.8 Å². The van der Waals surface area contributed by atoms with Crippen LogP contribution in [-0.2, 0) is 17.9 Å². The highest BCUT2D eigenvalue weighted by atomic mass is 35.5. The lowest BCUT2D eigenvalue weighted by Crippen LogP contribution is -2.27. The minimum atomic E-state index is -0.638. The summed E-state index contributed by atoms with van der Waals surface area (Å²) >= 11 is 5.97. The minimum Gasteiger partial charge on any atom is -0.456 e. The summed E-state index contributed by atoms with van der Waals surface area (Å²) in [5, 5.41) is 9.63. The van der Waals surface area contributed by atoms with Crippen LogP contribution in [-0.4, -0.2) is 20.7 Å². The zero-order chi connectivity index (χ0) is 21.8. The molecule has 2 heterocycles. The molecule has 0 bridgehead atoms. The van der Waals surface area contributed by atoms with Crippen LogP contribution in [0.2, 0.25) is 5.02 Å². The third-order valence-corrected chi connectivity index (χ3v) is 4.91. The largest absolute Gasteiger partial charge is 0.456 e. The van der Waals surface area contributed by atoms with E-state index >= 15 is 0 Å².